The molecule has 0 unspecified atom stereocenters. The van der Waals surface area contributed by atoms with Crippen LogP contribution in [-0.4, -0.2) is 29.8 Å². The third-order valence-electron chi connectivity index (χ3n) is 2.20. The third-order valence-corrected chi connectivity index (χ3v) is 3.49. The first-order valence-electron chi connectivity index (χ1n) is 4.99. The molecule has 0 spiro atoms. The second-order valence-electron chi connectivity index (χ2n) is 3.39. The fourth-order valence-electron chi connectivity index (χ4n) is 1.35. The predicted molar refractivity (Wildman–Crippen MR) is 69.9 cm³/mol. The maximum Gasteiger partial charge on any atom is 0.255 e. The van der Waals surface area contributed by atoms with E-state index in [0.29, 0.717) is 21.6 Å². The first-order valence-corrected chi connectivity index (χ1v) is 6.16. The van der Waals surface area contributed by atoms with E-state index >= 15 is 0 Å². The molecular formula is C11H12BrClN2O2. The molecule has 0 bridgehead atoms. The van der Waals surface area contributed by atoms with E-state index in [4.69, 9.17) is 17.3 Å². The van der Waals surface area contributed by atoms with Crippen LogP contribution >= 0.6 is 27.5 Å². The van der Waals surface area contributed by atoms with Crippen molar-refractivity contribution in [3.05, 3.63) is 33.3 Å². The number of nitrogens with zero attached hydrogens (tertiary/aromatic N) is 1. The van der Waals surface area contributed by atoms with Gasteiger partial charge in [-0.25, -0.2) is 0 Å². The number of carbonyl (C=O) groups is 2. The Hall–Kier alpha value is -1.07. The van der Waals surface area contributed by atoms with Crippen LogP contribution in [0.15, 0.2) is 22.7 Å². The van der Waals surface area contributed by atoms with Crippen molar-refractivity contribution in [1.82, 2.24) is 4.90 Å². The van der Waals surface area contributed by atoms with Crippen LogP contribution < -0.4 is 5.73 Å². The number of likely N-dealkylation sites (N-methyl/N-ethyl adjacent to an activating group) is 1. The molecule has 0 aliphatic heterocycles. The normalized spacial score (nSPS) is 10.1. The lowest BCUT2D eigenvalue weighted by atomic mass is 10.2. The average molecular weight is 320 g/mol. The quantitative estimate of drug-likeness (QED) is 0.923. The largest absolute Gasteiger partial charge is 0.368 e. The molecule has 4 nitrogen and oxygen atoms in total. The van der Waals surface area contributed by atoms with Crippen molar-refractivity contribution in [2.75, 3.05) is 13.1 Å². The molecule has 0 saturated heterocycles. The van der Waals surface area contributed by atoms with E-state index in [1.54, 1.807) is 25.1 Å². The maximum absolute atomic E-state index is 12.1. The van der Waals surface area contributed by atoms with Gasteiger partial charge in [0.25, 0.3) is 5.91 Å². The van der Waals surface area contributed by atoms with Gasteiger partial charge in [-0.15, -0.1) is 0 Å². The molecule has 6 heteroatoms. The average Bonchev–Trinajstić information content (AvgIpc) is 2.28. The van der Waals surface area contributed by atoms with Crippen LogP contribution in [-0.2, 0) is 4.79 Å². The monoisotopic (exact) mass is 318 g/mol. The Kier molecular flexibility index (Phi) is 4.96. The molecule has 92 valence electrons. The Morgan fingerprint density at radius 1 is 1.47 bits per heavy atom. The van der Waals surface area contributed by atoms with Gasteiger partial charge < -0.3 is 10.6 Å². The van der Waals surface area contributed by atoms with Crippen LogP contribution in [0.3, 0.4) is 0 Å². The van der Waals surface area contributed by atoms with E-state index in [9.17, 15) is 9.59 Å². The Labute approximate surface area is 113 Å². The molecule has 0 saturated carbocycles. The van der Waals surface area contributed by atoms with Crippen molar-refractivity contribution in [2.24, 2.45) is 5.73 Å². The molecule has 0 aliphatic rings. The first-order chi connectivity index (χ1) is 7.97. The van der Waals surface area contributed by atoms with Gasteiger partial charge in [-0.2, -0.15) is 0 Å². The number of rotatable bonds is 4. The lowest BCUT2D eigenvalue weighted by molar-refractivity contribution is -0.118. The molecule has 1 aromatic carbocycles. The number of hydrogen-bond donors (Lipinski definition) is 1. The minimum atomic E-state index is -0.550. The van der Waals surface area contributed by atoms with Crippen LogP contribution in [0.4, 0.5) is 0 Å². The number of hydrogen-bond acceptors (Lipinski definition) is 2. The van der Waals surface area contributed by atoms with Gasteiger partial charge >= 0.3 is 0 Å². The SMILES string of the molecule is CCN(CC(N)=O)C(=O)c1cccc(Br)c1Cl. The van der Waals surface area contributed by atoms with Gasteiger partial charge in [0.05, 0.1) is 17.1 Å². The van der Waals surface area contributed by atoms with Crippen LogP contribution in [0.25, 0.3) is 0 Å². The Balaban J connectivity index is 3.02. The van der Waals surface area contributed by atoms with Crippen LogP contribution in [0.2, 0.25) is 5.02 Å². The fourth-order valence-corrected chi connectivity index (χ4v) is 1.93. The van der Waals surface area contributed by atoms with Crippen molar-refractivity contribution in [2.45, 2.75) is 6.92 Å². The van der Waals surface area contributed by atoms with E-state index in [0.717, 1.165) is 0 Å². The lowest BCUT2D eigenvalue weighted by Crippen LogP contribution is -2.38. The van der Waals surface area contributed by atoms with Gasteiger partial charge in [0.2, 0.25) is 5.91 Å². The molecule has 0 radical (unpaired) electrons. The summed E-state index contributed by atoms with van der Waals surface area (Å²) in [6.07, 6.45) is 0. The van der Waals surface area contributed by atoms with E-state index in [1.807, 2.05) is 0 Å². The molecule has 17 heavy (non-hydrogen) atoms. The summed E-state index contributed by atoms with van der Waals surface area (Å²) in [6, 6.07) is 5.06. The number of nitrogens with two attached hydrogens (primary N) is 1. The molecular weight excluding hydrogens is 307 g/mol. The van der Waals surface area contributed by atoms with Crippen molar-refractivity contribution in [1.29, 1.82) is 0 Å². The summed E-state index contributed by atoms with van der Waals surface area (Å²) in [7, 11) is 0. The second-order valence-corrected chi connectivity index (χ2v) is 4.62. The molecule has 0 heterocycles. The maximum atomic E-state index is 12.1. The highest BCUT2D eigenvalue weighted by Crippen LogP contribution is 2.26. The Morgan fingerprint density at radius 2 is 2.12 bits per heavy atom. The highest BCUT2D eigenvalue weighted by Gasteiger charge is 2.19. The van der Waals surface area contributed by atoms with Crippen molar-refractivity contribution >= 4 is 39.3 Å². The summed E-state index contributed by atoms with van der Waals surface area (Å²) in [6.45, 7) is 2.05. The van der Waals surface area contributed by atoms with Gasteiger partial charge in [-0.1, -0.05) is 17.7 Å². The molecule has 0 atom stereocenters. The molecule has 1 aromatic rings. The van der Waals surface area contributed by atoms with E-state index in [-0.39, 0.29) is 12.5 Å². The standard InChI is InChI=1S/C11H12BrClN2O2/c1-2-15(6-9(14)16)11(17)7-4-3-5-8(12)10(7)13/h3-5H,2,6H2,1H3,(H2,14,16). The van der Waals surface area contributed by atoms with Crippen LogP contribution in [0.5, 0.6) is 0 Å². The molecule has 1 rings (SSSR count). The molecule has 2 amide bonds. The molecule has 0 fully saturated rings. The fraction of sp³-hybridized carbons (Fsp3) is 0.273. The van der Waals surface area contributed by atoms with E-state index in [2.05, 4.69) is 15.9 Å². The van der Waals surface area contributed by atoms with Crippen LogP contribution in [0.1, 0.15) is 17.3 Å². The Morgan fingerprint density at radius 3 is 2.65 bits per heavy atom. The lowest BCUT2D eigenvalue weighted by Gasteiger charge is -2.19. The second kappa shape index (κ2) is 6.02. The minimum Gasteiger partial charge on any atom is -0.368 e. The highest BCUT2D eigenvalue weighted by molar-refractivity contribution is 9.10. The zero-order valence-corrected chi connectivity index (χ0v) is 11.6. The van der Waals surface area contributed by atoms with Crippen molar-refractivity contribution in [3.63, 3.8) is 0 Å². The Bertz CT molecular complexity index is 451. The first kappa shape index (κ1) is 14.0. The minimum absolute atomic E-state index is 0.113. The summed E-state index contributed by atoms with van der Waals surface area (Å²) in [4.78, 5) is 24.3. The summed E-state index contributed by atoms with van der Waals surface area (Å²) < 4.78 is 0.639. The van der Waals surface area contributed by atoms with Gasteiger partial charge in [0.1, 0.15) is 0 Å². The predicted octanol–water partition coefficient (Wildman–Crippen LogP) is 2.05. The smallest absolute Gasteiger partial charge is 0.255 e. The third kappa shape index (κ3) is 3.44. The highest BCUT2D eigenvalue weighted by atomic mass is 79.9. The summed E-state index contributed by atoms with van der Waals surface area (Å²) >= 11 is 9.26. The van der Waals surface area contributed by atoms with Crippen molar-refractivity contribution in [3.8, 4) is 0 Å². The summed E-state index contributed by atoms with van der Waals surface area (Å²) in [5, 5.41) is 0.334. The summed E-state index contributed by atoms with van der Waals surface area (Å²) in [5.41, 5.74) is 5.43. The number of halogens is 2. The number of benzene rings is 1. The van der Waals surface area contributed by atoms with Crippen LogP contribution in [0, 0.1) is 0 Å². The van der Waals surface area contributed by atoms with Crippen molar-refractivity contribution < 1.29 is 9.59 Å². The molecule has 0 aromatic heterocycles. The molecule has 2 N–H and O–H groups in total. The van der Waals surface area contributed by atoms with E-state index < -0.39 is 5.91 Å². The summed E-state index contributed by atoms with van der Waals surface area (Å²) in [5.74, 6) is -0.857. The zero-order chi connectivity index (χ0) is 13.0. The van der Waals surface area contributed by atoms with Gasteiger partial charge in [0, 0.05) is 11.0 Å². The number of amides is 2. The number of primary amides is 1. The van der Waals surface area contributed by atoms with Gasteiger partial charge in [-0.05, 0) is 35.0 Å². The van der Waals surface area contributed by atoms with Gasteiger partial charge in [0.15, 0.2) is 0 Å². The van der Waals surface area contributed by atoms with E-state index in [1.165, 1.54) is 4.90 Å². The molecule has 0 aliphatic carbocycles. The topological polar surface area (TPSA) is 63.4 Å². The number of carbonyl (C=O) groups excluding carboxylic acids is 2. The van der Waals surface area contributed by atoms with Gasteiger partial charge in [-0.3, -0.25) is 9.59 Å². The zero-order valence-electron chi connectivity index (χ0n) is 9.24.